The predicted molar refractivity (Wildman–Crippen MR) is 192 cm³/mol. The van der Waals surface area contributed by atoms with Crippen molar-refractivity contribution in [2.75, 3.05) is 36.1 Å². The lowest BCUT2D eigenvalue weighted by molar-refractivity contribution is -0.149. The highest BCUT2D eigenvalue weighted by Gasteiger charge is 2.76. The van der Waals surface area contributed by atoms with Gasteiger partial charge in [-0.15, -0.1) is 0 Å². The van der Waals surface area contributed by atoms with Crippen LogP contribution < -0.4 is 14.5 Å². The van der Waals surface area contributed by atoms with E-state index in [0.717, 1.165) is 11.1 Å². The Kier molecular flexibility index (Phi) is 9.09. The Hall–Kier alpha value is -4.44. The number of aliphatic hydroxyl groups excluding tert-OH is 1. The van der Waals surface area contributed by atoms with E-state index < -0.39 is 47.6 Å². The number of aliphatic hydroxyl groups is 1. The Morgan fingerprint density at radius 3 is 2.28 bits per heavy atom. The number of rotatable bonds is 9. The number of amides is 3. The number of benzene rings is 3. The maximum absolute atomic E-state index is 15.2. The standard InChI is InChI=1S/C40H42ClN3O6/c1-4-39-20-10-22-42(28-16-18-30(19-17-28)49-5-2)36(46)32(39)33-37(47)44(29(25-45)24-27-13-7-6-8-14-27)35-38(48)43(23-11-21-40(33,35)50-39)34-26(3)12-9-15-31(34)41/h6-21,29,32-33,35,45H,4-5,22-25H2,1-3H3/t29-,32+,33+,35?,39-,40+/m1/s1. The smallest absolute Gasteiger partial charge is 0.253 e. The minimum absolute atomic E-state index is 0.189. The summed E-state index contributed by atoms with van der Waals surface area (Å²) < 4.78 is 12.8. The number of ether oxygens (including phenoxy) is 2. The highest BCUT2D eigenvalue weighted by atomic mass is 35.5. The van der Waals surface area contributed by atoms with Gasteiger partial charge in [-0.2, -0.15) is 0 Å². The second kappa shape index (κ2) is 13.4. The zero-order chi connectivity index (χ0) is 35.2. The third-order valence-corrected chi connectivity index (χ3v) is 11.0. The van der Waals surface area contributed by atoms with Gasteiger partial charge < -0.3 is 29.3 Å². The summed E-state index contributed by atoms with van der Waals surface area (Å²) in [5.41, 5.74) is 0.271. The first-order valence-electron chi connectivity index (χ1n) is 17.3. The molecule has 1 unspecified atom stereocenters. The van der Waals surface area contributed by atoms with E-state index in [1.165, 1.54) is 4.90 Å². The van der Waals surface area contributed by atoms with Gasteiger partial charge in [0, 0.05) is 18.8 Å². The normalized spacial score (nSPS) is 27.9. The van der Waals surface area contributed by atoms with E-state index in [1.54, 1.807) is 15.9 Å². The molecule has 0 bridgehead atoms. The first-order valence-corrected chi connectivity index (χ1v) is 17.7. The fourth-order valence-electron chi connectivity index (χ4n) is 8.52. The molecule has 0 saturated carbocycles. The lowest BCUT2D eigenvalue weighted by Gasteiger charge is -2.41. The maximum Gasteiger partial charge on any atom is 0.253 e. The van der Waals surface area contributed by atoms with Crippen LogP contribution in [0, 0.1) is 18.8 Å². The summed E-state index contributed by atoms with van der Waals surface area (Å²) in [6.07, 6.45) is 8.22. The molecule has 2 fully saturated rings. The van der Waals surface area contributed by atoms with Gasteiger partial charge >= 0.3 is 0 Å². The number of nitrogens with zero attached hydrogens (tertiary/aromatic N) is 3. The molecule has 4 aliphatic heterocycles. The van der Waals surface area contributed by atoms with Crippen molar-refractivity contribution in [2.45, 2.75) is 56.9 Å². The first kappa shape index (κ1) is 34.0. The van der Waals surface area contributed by atoms with Gasteiger partial charge in [0.1, 0.15) is 17.4 Å². The molecule has 1 spiro atoms. The molecule has 0 aliphatic carbocycles. The summed E-state index contributed by atoms with van der Waals surface area (Å²) in [6.45, 7) is 6.35. The Bertz CT molecular complexity index is 1830. The number of anilines is 2. The number of para-hydroxylation sites is 1. The van der Waals surface area contributed by atoms with Crippen LogP contribution in [0.25, 0.3) is 0 Å². The number of carbonyl (C=O) groups is 3. The van der Waals surface area contributed by atoms with E-state index in [2.05, 4.69) is 0 Å². The lowest BCUT2D eigenvalue weighted by atomic mass is 9.73. The van der Waals surface area contributed by atoms with Crippen LogP contribution in [-0.2, 0) is 25.5 Å². The van der Waals surface area contributed by atoms with Crippen LogP contribution in [0.2, 0.25) is 5.02 Å². The van der Waals surface area contributed by atoms with E-state index in [9.17, 15) is 9.90 Å². The lowest BCUT2D eigenvalue weighted by Crippen LogP contribution is -2.59. The molecular weight excluding hydrogens is 654 g/mol. The molecule has 50 heavy (non-hydrogen) atoms. The van der Waals surface area contributed by atoms with E-state index in [0.29, 0.717) is 41.6 Å². The third-order valence-electron chi connectivity index (χ3n) is 10.7. The van der Waals surface area contributed by atoms with Gasteiger partial charge in [0.2, 0.25) is 11.8 Å². The van der Waals surface area contributed by atoms with Gasteiger partial charge in [-0.25, -0.2) is 0 Å². The predicted octanol–water partition coefficient (Wildman–Crippen LogP) is 5.52. The highest BCUT2D eigenvalue weighted by Crippen LogP contribution is 2.59. The van der Waals surface area contributed by atoms with Crippen molar-refractivity contribution in [3.8, 4) is 5.75 Å². The van der Waals surface area contributed by atoms with Crippen LogP contribution in [0.1, 0.15) is 31.4 Å². The molecule has 0 aromatic heterocycles. The Labute approximate surface area is 297 Å². The number of hydrogen-bond donors (Lipinski definition) is 1. The molecule has 9 nitrogen and oxygen atoms in total. The largest absolute Gasteiger partial charge is 0.494 e. The Morgan fingerprint density at radius 1 is 0.880 bits per heavy atom. The number of aryl methyl sites for hydroxylation is 1. The molecule has 2 saturated heterocycles. The third kappa shape index (κ3) is 5.34. The molecule has 3 aromatic rings. The maximum atomic E-state index is 15.2. The molecule has 1 N–H and O–H groups in total. The first-order chi connectivity index (χ1) is 24.2. The number of likely N-dealkylation sites (tertiary alicyclic amines) is 1. The van der Waals surface area contributed by atoms with Crippen molar-refractivity contribution in [2.24, 2.45) is 11.8 Å². The van der Waals surface area contributed by atoms with Gasteiger partial charge in [0.15, 0.2) is 0 Å². The van der Waals surface area contributed by atoms with Crippen LogP contribution in [0.5, 0.6) is 5.75 Å². The van der Waals surface area contributed by atoms with Crippen LogP contribution in [0.15, 0.2) is 97.1 Å². The van der Waals surface area contributed by atoms with E-state index >= 15 is 9.59 Å². The van der Waals surface area contributed by atoms with Crippen LogP contribution in [0.3, 0.4) is 0 Å². The number of carbonyl (C=O) groups excluding carboxylic acids is 3. The summed E-state index contributed by atoms with van der Waals surface area (Å²) >= 11 is 6.74. The number of fused-ring (bicyclic) bond motifs is 2. The van der Waals surface area contributed by atoms with Crippen molar-refractivity contribution < 1.29 is 29.0 Å². The van der Waals surface area contributed by atoms with Crippen molar-refractivity contribution in [3.05, 3.63) is 113 Å². The molecule has 4 aliphatic rings. The van der Waals surface area contributed by atoms with Crippen LogP contribution >= 0.6 is 11.6 Å². The summed E-state index contributed by atoms with van der Waals surface area (Å²) in [5.74, 6) is -2.32. The molecule has 4 heterocycles. The average Bonchev–Trinajstić information content (AvgIpc) is 3.42. The van der Waals surface area contributed by atoms with Gasteiger partial charge in [-0.05, 0) is 68.1 Å². The van der Waals surface area contributed by atoms with Gasteiger partial charge in [0.25, 0.3) is 5.91 Å². The van der Waals surface area contributed by atoms with Gasteiger partial charge in [-0.3, -0.25) is 14.4 Å². The van der Waals surface area contributed by atoms with E-state index in [1.807, 2.05) is 112 Å². The Morgan fingerprint density at radius 2 is 1.60 bits per heavy atom. The second-order valence-corrected chi connectivity index (χ2v) is 13.8. The molecule has 7 rings (SSSR count). The molecule has 10 heteroatoms. The quantitative estimate of drug-likeness (QED) is 0.296. The minimum atomic E-state index is -1.50. The summed E-state index contributed by atoms with van der Waals surface area (Å²) in [7, 11) is 0. The fraction of sp³-hybridized carbons (Fsp3) is 0.375. The zero-order valence-corrected chi connectivity index (χ0v) is 29.3. The van der Waals surface area contributed by atoms with Crippen molar-refractivity contribution in [1.82, 2.24) is 4.90 Å². The summed E-state index contributed by atoms with van der Waals surface area (Å²) in [4.78, 5) is 50.1. The zero-order valence-electron chi connectivity index (χ0n) is 28.5. The second-order valence-electron chi connectivity index (χ2n) is 13.4. The van der Waals surface area contributed by atoms with Crippen LogP contribution in [0.4, 0.5) is 11.4 Å². The summed E-state index contributed by atoms with van der Waals surface area (Å²) in [5, 5.41) is 11.3. The molecule has 6 atom stereocenters. The number of hydrogen-bond acceptors (Lipinski definition) is 6. The SMILES string of the molecule is CCOc1ccc(N2CC=C[C@@]3(CC)O[C@]45C=CCN(c6c(C)cccc6Cl)C(=O)C4N([C@@H](CO)Cc4ccccc4)C(=O)[C@@H]5[C@H]3C2=O)cc1. The van der Waals surface area contributed by atoms with Crippen molar-refractivity contribution >= 4 is 40.7 Å². The van der Waals surface area contributed by atoms with E-state index in [4.69, 9.17) is 21.1 Å². The monoisotopic (exact) mass is 695 g/mol. The minimum Gasteiger partial charge on any atom is -0.494 e. The average molecular weight is 696 g/mol. The van der Waals surface area contributed by atoms with E-state index in [-0.39, 0.29) is 24.9 Å². The van der Waals surface area contributed by atoms with Crippen molar-refractivity contribution in [1.29, 1.82) is 0 Å². The fourth-order valence-corrected chi connectivity index (χ4v) is 8.84. The van der Waals surface area contributed by atoms with Crippen molar-refractivity contribution in [3.63, 3.8) is 0 Å². The Balaban J connectivity index is 1.37. The number of halogens is 1. The van der Waals surface area contributed by atoms with Gasteiger partial charge in [0.05, 0.1) is 47.4 Å². The molecular formula is C40H42ClN3O6. The van der Waals surface area contributed by atoms with Gasteiger partial charge in [-0.1, -0.05) is 85.3 Å². The molecule has 260 valence electrons. The molecule has 3 amide bonds. The topological polar surface area (TPSA) is 99.6 Å². The summed E-state index contributed by atoms with van der Waals surface area (Å²) in [6, 6.07) is 20.4. The molecule has 0 radical (unpaired) electrons. The van der Waals surface area contributed by atoms with Crippen LogP contribution in [-0.4, -0.2) is 77.3 Å². The highest BCUT2D eigenvalue weighted by molar-refractivity contribution is 6.34. The molecule has 3 aromatic carbocycles.